The monoisotopic (exact) mass is 288 g/mol. The van der Waals surface area contributed by atoms with Gasteiger partial charge in [-0.3, -0.25) is 4.79 Å². The van der Waals surface area contributed by atoms with Crippen LogP contribution in [-0.2, 0) is 4.79 Å². The number of hydrogen-bond acceptors (Lipinski definition) is 5. The van der Waals surface area contributed by atoms with Crippen LogP contribution < -0.4 is 11.1 Å². The van der Waals surface area contributed by atoms with Gasteiger partial charge >= 0.3 is 0 Å². The SMILES string of the molecule is CC(C)CC(CN)C(=O)Nc1cccnc1-n1cncn1. The number of carbonyl (C=O) groups is 1. The van der Waals surface area contributed by atoms with E-state index in [1.54, 1.807) is 18.3 Å². The maximum absolute atomic E-state index is 12.3. The summed E-state index contributed by atoms with van der Waals surface area (Å²) in [6.07, 6.45) is 5.34. The number of nitrogens with zero attached hydrogens (tertiary/aromatic N) is 4. The van der Waals surface area contributed by atoms with E-state index in [0.717, 1.165) is 6.42 Å². The van der Waals surface area contributed by atoms with Crippen LogP contribution in [0.25, 0.3) is 5.82 Å². The van der Waals surface area contributed by atoms with E-state index < -0.39 is 0 Å². The average molecular weight is 288 g/mol. The molecule has 2 rings (SSSR count). The lowest BCUT2D eigenvalue weighted by atomic mass is 9.96. The molecular formula is C14H20N6O. The first-order chi connectivity index (χ1) is 10.1. The van der Waals surface area contributed by atoms with E-state index in [0.29, 0.717) is 24.0 Å². The average Bonchev–Trinajstić information content (AvgIpc) is 2.99. The van der Waals surface area contributed by atoms with Crippen molar-refractivity contribution in [2.24, 2.45) is 17.6 Å². The summed E-state index contributed by atoms with van der Waals surface area (Å²) < 4.78 is 1.51. The van der Waals surface area contributed by atoms with Crippen LogP contribution in [0.5, 0.6) is 0 Å². The summed E-state index contributed by atoms with van der Waals surface area (Å²) in [7, 11) is 0. The van der Waals surface area contributed by atoms with Gasteiger partial charge in [0.05, 0.1) is 11.6 Å². The van der Waals surface area contributed by atoms with Gasteiger partial charge in [0, 0.05) is 12.7 Å². The van der Waals surface area contributed by atoms with Gasteiger partial charge in [0.25, 0.3) is 0 Å². The summed E-state index contributed by atoms with van der Waals surface area (Å²) in [6, 6.07) is 3.54. The second-order valence-electron chi connectivity index (χ2n) is 5.27. The van der Waals surface area contributed by atoms with Gasteiger partial charge in [-0.25, -0.2) is 14.6 Å². The van der Waals surface area contributed by atoms with E-state index in [1.807, 2.05) is 0 Å². The number of aromatic nitrogens is 4. The molecule has 0 bridgehead atoms. The predicted molar refractivity (Wildman–Crippen MR) is 79.8 cm³/mol. The Morgan fingerprint density at radius 1 is 1.48 bits per heavy atom. The van der Waals surface area contributed by atoms with Crippen LogP contribution in [0.2, 0.25) is 0 Å². The second-order valence-corrected chi connectivity index (χ2v) is 5.27. The summed E-state index contributed by atoms with van der Waals surface area (Å²) in [5.74, 6) is 0.631. The molecule has 0 saturated carbocycles. The highest BCUT2D eigenvalue weighted by molar-refractivity contribution is 5.94. The van der Waals surface area contributed by atoms with E-state index in [1.165, 1.54) is 17.3 Å². The third-order valence-corrected chi connectivity index (χ3v) is 3.09. The highest BCUT2D eigenvalue weighted by Crippen LogP contribution is 2.18. The van der Waals surface area contributed by atoms with Crippen molar-refractivity contribution < 1.29 is 4.79 Å². The van der Waals surface area contributed by atoms with Gasteiger partial charge in [-0.05, 0) is 24.5 Å². The first-order valence-electron chi connectivity index (χ1n) is 6.92. The quantitative estimate of drug-likeness (QED) is 0.832. The van der Waals surface area contributed by atoms with Crippen molar-refractivity contribution in [3.63, 3.8) is 0 Å². The molecule has 21 heavy (non-hydrogen) atoms. The summed E-state index contributed by atoms with van der Waals surface area (Å²) in [5.41, 5.74) is 6.30. The zero-order valence-electron chi connectivity index (χ0n) is 12.2. The molecule has 0 aliphatic carbocycles. The van der Waals surface area contributed by atoms with Crippen molar-refractivity contribution in [3.8, 4) is 5.82 Å². The fourth-order valence-electron chi connectivity index (χ4n) is 2.11. The fraction of sp³-hybridized carbons (Fsp3) is 0.429. The van der Waals surface area contributed by atoms with E-state index in [9.17, 15) is 4.79 Å². The third kappa shape index (κ3) is 3.85. The molecule has 0 fully saturated rings. The molecular weight excluding hydrogens is 268 g/mol. The molecule has 2 aromatic heterocycles. The van der Waals surface area contributed by atoms with E-state index in [2.05, 4.69) is 34.2 Å². The van der Waals surface area contributed by atoms with Crippen molar-refractivity contribution in [2.75, 3.05) is 11.9 Å². The van der Waals surface area contributed by atoms with Crippen LogP contribution in [0, 0.1) is 11.8 Å². The molecule has 7 heteroatoms. The Morgan fingerprint density at radius 3 is 2.90 bits per heavy atom. The van der Waals surface area contributed by atoms with Crippen molar-refractivity contribution >= 4 is 11.6 Å². The van der Waals surface area contributed by atoms with Crippen molar-refractivity contribution in [1.29, 1.82) is 0 Å². The maximum Gasteiger partial charge on any atom is 0.228 e. The minimum absolute atomic E-state index is 0.0967. The van der Waals surface area contributed by atoms with Gasteiger partial charge < -0.3 is 11.1 Å². The smallest absolute Gasteiger partial charge is 0.228 e. The van der Waals surface area contributed by atoms with Gasteiger partial charge in [-0.1, -0.05) is 13.8 Å². The highest BCUT2D eigenvalue weighted by Gasteiger charge is 2.19. The number of carbonyl (C=O) groups excluding carboxylic acids is 1. The Bertz CT molecular complexity index is 581. The van der Waals surface area contributed by atoms with Crippen LogP contribution in [0.4, 0.5) is 5.69 Å². The normalized spacial score (nSPS) is 12.4. The number of rotatable bonds is 6. The molecule has 0 spiro atoms. The van der Waals surface area contributed by atoms with Crippen LogP contribution in [-0.4, -0.2) is 32.2 Å². The van der Waals surface area contributed by atoms with Crippen LogP contribution >= 0.6 is 0 Å². The summed E-state index contributed by atoms with van der Waals surface area (Å²) in [6.45, 7) is 4.46. The molecule has 3 N–H and O–H groups in total. The number of anilines is 1. The van der Waals surface area contributed by atoms with Crippen LogP contribution in [0.15, 0.2) is 31.0 Å². The number of pyridine rings is 1. The highest BCUT2D eigenvalue weighted by atomic mass is 16.1. The lowest BCUT2D eigenvalue weighted by Gasteiger charge is -2.17. The molecule has 0 aromatic carbocycles. The first-order valence-corrected chi connectivity index (χ1v) is 6.92. The first kappa shape index (κ1) is 15.1. The molecule has 2 aromatic rings. The number of hydrogen-bond donors (Lipinski definition) is 2. The zero-order chi connectivity index (χ0) is 15.2. The lowest BCUT2D eigenvalue weighted by molar-refractivity contribution is -0.120. The Kier molecular flexibility index (Phi) is 4.99. The molecule has 0 aliphatic heterocycles. The fourth-order valence-corrected chi connectivity index (χ4v) is 2.11. The van der Waals surface area contributed by atoms with E-state index in [4.69, 9.17) is 5.73 Å². The number of amides is 1. The molecule has 0 aliphatic rings. The van der Waals surface area contributed by atoms with Gasteiger partial charge in [-0.2, -0.15) is 5.10 Å². The predicted octanol–water partition coefficient (Wildman–Crippen LogP) is 1.22. The van der Waals surface area contributed by atoms with Crippen molar-refractivity contribution in [1.82, 2.24) is 19.7 Å². The van der Waals surface area contributed by atoms with Gasteiger partial charge in [0.15, 0.2) is 5.82 Å². The second kappa shape index (κ2) is 6.94. The third-order valence-electron chi connectivity index (χ3n) is 3.09. The van der Waals surface area contributed by atoms with E-state index in [-0.39, 0.29) is 11.8 Å². The minimum Gasteiger partial charge on any atom is -0.330 e. The zero-order valence-corrected chi connectivity index (χ0v) is 12.2. The molecule has 1 amide bonds. The molecule has 7 nitrogen and oxygen atoms in total. The Balaban J connectivity index is 2.18. The lowest BCUT2D eigenvalue weighted by Crippen LogP contribution is -2.30. The summed E-state index contributed by atoms with van der Waals surface area (Å²) >= 11 is 0. The molecule has 0 saturated heterocycles. The summed E-state index contributed by atoms with van der Waals surface area (Å²) in [4.78, 5) is 20.5. The van der Waals surface area contributed by atoms with Crippen molar-refractivity contribution in [3.05, 3.63) is 31.0 Å². The standard InChI is InChI=1S/C14H20N6O/c1-10(2)6-11(7-15)14(21)19-12-4-3-5-17-13(12)20-9-16-8-18-20/h3-5,8-11H,6-7,15H2,1-2H3,(H,19,21). The van der Waals surface area contributed by atoms with Gasteiger partial charge in [0.1, 0.15) is 12.7 Å². The summed E-state index contributed by atoms with van der Waals surface area (Å²) in [5, 5.41) is 6.92. The van der Waals surface area contributed by atoms with Crippen LogP contribution in [0.3, 0.4) is 0 Å². The Hall–Kier alpha value is -2.28. The molecule has 2 heterocycles. The molecule has 0 radical (unpaired) electrons. The molecule has 112 valence electrons. The van der Waals surface area contributed by atoms with Gasteiger partial charge in [0.2, 0.25) is 5.91 Å². The minimum atomic E-state index is -0.214. The Morgan fingerprint density at radius 2 is 2.29 bits per heavy atom. The maximum atomic E-state index is 12.3. The van der Waals surface area contributed by atoms with Crippen molar-refractivity contribution in [2.45, 2.75) is 20.3 Å². The topological polar surface area (TPSA) is 98.7 Å². The largest absolute Gasteiger partial charge is 0.330 e. The Labute approximate surface area is 123 Å². The molecule has 1 unspecified atom stereocenters. The van der Waals surface area contributed by atoms with Gasteiger partial charge in [-0.15, -0.1) is 0 Å². The van der Waals surface area contributed by atoms with E-state index >= 15 is 0 Å². The number of nitrogens with two attached hydrogens (primary N) is 1. The van der Waals surface area contributed by atoms with Crippen LogP contribution in [0.1, 0.15) is 20.3 Å². The number of nitrogens with one attached hydrogen (secondary N) is 1. The molecule has 1 atom stereocenters.